The fourth-order valence-corrected chi connectivity index (χ4v) is 5.89. The second kappa shape index (κ2) is 7.45. The van der Waals surface area contributed by atoms with Crippen LogP contribution in [0.4, 0.5) is 0 Å². The van der Waals surface area contributed by atoms with Crippen LogP contribution in [0.5, 0.6) is 0 Å². The fourth-order valence-electron chi connectivity index (χ4n) is 4.18. The van der Waals surface area contributed by atoms with E-state index >= 15 is 0 Å². The number of sulfone groups is 1. The maximum atomic E-state index is 13.0. The molecule has 1 aliphatic heterocycles. The van der Waals surface area contributed by atoms with Gasteiger partial charge in [0.2, 0.25) is 0 Å². The maximum absolute atomic E-state index is 13.0. The van der Waals surface area contributed by atoms with Crippen LogP contribution in [0.2, 0.25) is 0 Å². The van der Waals surface area contributed by atoms with Gasteiger partial charge in [-0.25, -0.2) is 13.4 Å². The van der Waals surface area contributed by atoms with Gasteiger partial charge in [-0.2, -0.15) is 0 Å². The molecule has 0 radical (unpaired) electrons. The monoisotopic (exact) mass is 403 g/mol. The lowest BCUT2D eigenvalue weighted by Crippen LogP contribution is -2.31. The Bertz CT molecular complexity index is 946. The number of imidazole rings is 1. The highest BCUT2D eigenvalue weighted by Crippen LogP contribution is 2.34. The third kappa shape index (κ3) is 4.60. The molecule has 2 aromatic rings. The number of fused-ring (bicyclic) bond motifs is 1. The van der Waals surface area contributed by atoms with E-state index in [1.54, 1.807) is 12.1 Å². The van der Waals surface area contributed by atoms with Crippen molar-refractivity contribution in [2.75, 3.05) is 18.8 Å². The Kier molecular flexibility index (Phi) is 5.29. The van der Waals surface area contributed by atoms with Crippen molar-refractivity contribution in [3.63, 3.8) is 0 Å². The van der Waals surface area contributed by atoms with Crippen molar-refractivity contribution in [2.45, 2.75) is 64.3 Å². The van der Waals surface area contributed by atoms with Gasteiger partial charge < -0.3 is 9.88 Å². The lowest BCUT2D eigenvalue weighted by atomic mass is 9.92. The maximum Gasteiger partial charge on any atom is 0.178 e. The molecule has 2 heterocycles. The number of hydrogen-bond acceptors (Lipinski definition) is 4. The Labute approximate surface area is 168 Å². The van der Waals surface area contributed by atoms with E-state index in [1.165, 1.54) is 12.8 Å². The average Bonchev–Trinajstić information content (AvgIpc) is 3.37. The summed E-state index contributed by atoms with van der Waals surface area (Å²) in [6.45, 7) is 9.51. The summed E-state index contributed by atoms with van der Waals surface area (Å²) in [6, 6.07) is 5.58. The van der Waals surface area contributed by atoms with Crippen LogP contribution < -0.4 is 5.32 Å². The van der Waals surface area contributed by atoms with Crippen LogP contribution in [0.25, 0.3) is 11.0 Å². The summed E-state index contributed by atoms with van der Waals surface area (Å²) in [4.78, 5) is 5.32. The molecule has 0 bridgehead atoms. The minimum atomic E-state index is -3.28. The SMILES string of the molecule is CC(C)(C)Cc1nc2cc(S(=O)(=O)CC3CCNCC3)ccc2n1CC1CC1. The summed E-state index contributed by atoms with van der Waals surface area (Å²) in [6.07, 6.45) is 5.35. The van der Waals surface area contributed by atoms with Gasteiger partial charge in [-0.1, -0.05) is 20.8 Å². The first-order valence-corrected chi connectivity index (χ1v) is 12.3. The van der Waals surface area contributed by atoms with Gasteiger partial charge in [-0.15, -0.1) is 0 Å². The van der Waals surface area contributed by atoms with Gasteiger partial charge in [0.25, 0.3) is 0 Å². The number of piperidine rings is 1. The Hall–Kier alpha value is -1.40. The third-order valence-electron chi connectivity index (χ3n) is 5.90. The molecule has 1 saturated heterocycles. The molecule has 2 fully saturated rings. The van der Waals surface area contributed by atoms with Crippen molar-refractivity contribution in [3.8, 4) is 0 Å². The van der Waals surface area contributed by atoms with Gasteiger partial charge in [-0.3, -0.25) is 0 Å². The van der Waals surface area contributed by atoms with E-state index < -0.39 is 9.84 Å². The number of aromatic nitrogens is 2. The molecular weight excluding hydrogens is 370 g/mol. The Morgan fingerprint density at radius 2 is 1.82 bits per heavy atom. The Morgan fingerprint density at radius 3 is 2.46 bits per heavy atom. The van der Waals surface area contributed by atoms with Crippen LogP contribution in [0.1, 0.15) is 52.3 Å². The highest BCUT2D eigenvalue weighted by atomic mass is 32.2. The van der Waals surface area contributed by atoms with Gasteiger partial charge in [0.05, 0.1) is 21.7 Å². The van der Waals surface area contributed by atoms with Crippen molar-refractivity contribution in [3.05, 3.63) is 24.0 Å². The largest absolute Gasteiger partial charge is 0.328 e. The van der Waals surface area contributed by atoms with Crippen LogP contribution in [0, 0.1) is 17.3 Å². The van der Waals surface area contributed by atoms with E-state index in [-0.39, 0.29) is 17.1 Å². The molecule has 1 saturated carbocycles. The molecule has 4 rings (SSSR count). The molecule has 1 aromatic heterocycles. The standard InChI is InChI=1S/C22H33N3O2S/c1-22(2,3)13-21-24-19-12-18(6-7-20(19)25(21)14-16-4-5-16)28(26,27)15-17-8-10-23-11-9-17/h6-7,12,16-17,23H,4-5,8-11,13-15H2,1-3H3. The number of hydrogen-bond donors (Lipinski definition) is 1. The van der Waals surface area contributed by atoms with Crippen LogP contribution in [0.15, 0.2) is 23.1 Å². The summed E-state index contributed by atoms with van der Waals surface area (Å²) in [5.74, 6) is 2.34. The lowest BCUT2D eigenvalue weighted by molar-refractivity contribution is 0.391. The molecule has 2 aliphatic rings. The van der Waals surface area contributed by atoms with E-state index in [2.05, 4.69) is 30.7 Å². The molecule has 0 unspecified atom stereocenters. The van der Waals surface area contributed by atoms with Gasteiger partial charge in [0.1, 0.15) is 5.82 Å². The molecule has 28 heavy (non-hydrogen) atoms. The average molecular weight is 404 g/mol. The minimum Gasteiger partial charge on any atom is -0.328 e. The zero-order valence-electron chi connectivity index (χ0n) is 17.4. The van der Waals surface area contributed by atoms with E-state index in [4.69, 9.17) is 4.98 Å². The summed E-state index contributed by atoms with van der Waals surface area (Å²) in [7, 11) is -3.28. The van der Waals surface area contributed by atoms with Crippen molar-refractivity contribution in [1.29, 1.82) is 0 Å². The van der Waals surface area contributed by atoms with Crippen LogP contribution in [0.3, 0.4) is 0 Å². The van der Waals surface area contributed by atoms with Crippen molar-refractivity contribution < 1.29 is 8.42 Å². The fraction of sp³-hybridized carbons (Fsp3) is 0.682. The topological polar surface area (TPSA) is 64.0 Å². The number of benzene rings is 1. The van der Waals surface area contributed by atoms with Crippen molar-refractivity contribution >= 4 is 20.9 Å². The van der Waals surface area contributed by atoms with Crippen LogP contribution >= 0.6 is 0 Å². The first-order valence-electron chi connectivity index (χ1n) is 10.6. The summed E-state index contributed by atoms with van der Waals surface area (Å²) in [5.41, 5.74) is 2.05. The lowest BCUT2D eigenvalue weighted by Gasteiger charge is -2.22. The highest BCUT2D eigenvalue weighted by molar-refractivity contribution is 7.91. The first-order chi connectivity index (χ1) is 13.2. The first kappa shape index (κ1) is 19.9. The summed E-state index contributed by atoms with van der Waals surface area (Å²) in [5, 5.41) is 3.30. The number of rotatable bonds is 6. The van der Waals surface area contributed by atoms with Crippen molar-refractivity contribution in [1.82, 2.24) is 14.9 Å². The second-order valence-electron chi connectivity index (χ2n) is 9.94. The van der Waals surface area contributed by atoms with E-state index in [0.29, 0.717) is 4.90 Å². The van der Waals surface area contributed by atoms with Gasteiger partial charge >= 0.3 is 0 Å². The van der Waals surface area contributed by atoms with Crippen LogP contribution in [-0.2, 0) is 22.8 Å². The molecule has 5 nitrogen and oxygen atoms in total. The second-order valence-corrected chi connectivity index (χ2v) is 12.0. The zero-order valence-corrected chi connectivity index (χ0v) is 18.2. The zero-order chi connectivity index (χ0) is 19.9. The summed E-state index contributed by atoms with van der Waals surface area (Å²) >= 11 is 0. The summed E-state index contributed by atoms with van der Waals surface area (Å²) < 4.78 is 28.3. The quantitative estimate of drug-likeness (QED) is 0.797. The van der Waals surface area contributed by atoms with Crippen molar-refractivity contribution in [2.24, 2.45) is 17.3 Å². The molecular formula is C22H33N3O2S. The molecule has 154 valence electrons. The predicted octanol–water partition coefficient (Wildman–Crippen LogP) is 3.81. The van der Waals surface area contributed by atoms with E-state index in [1.807, 2.05) is 6.07 Å². The number of nitrogens with one attached hydrogen (secondary N) is 1. The van der Waals surface area contributed by atoms with E-state index in [0.717, 1.165) is 61.7 Å². The molecule has 1 aliphatic carbocycles. The predicted molar refractivity (Wildman–Crippen MR) is 113 cm³/mol. The Balaban J connectivity index is 1.66. The minimum absolute atomic E-state index is 0.145. The smallest absolute Gasteiger partial charge is 0.178 e. The molecule has 1 aromatic carbocycles. The Morgan fingerprint density at radius 1 is 1.11 bits per heavy atom. The van der Waals surface area contributed by atoms with Crippen LogP contribution in [-0.4, -0.2) is 36.8 Å². The van der Waals surface area contributed by atoms with E-state index in [9.17, 15) is 8.42 Å². The molecule has 6 heteroatoms. The number of nitrogens with zero attached hydrogens (tertiary/aromatic N) is 2. The molecule has 0 spiro atoms. The third-order valence-corrected chi connectivity index (χ3v) is 7.78. The van der Waals surface area contributed by atoms with Gasteiger partial charge in [0.15, 0.2) is 9.84 Å². The normalized spacial score (nSPS) is 19.4. The van der Waals surface area contributed by atoms with Gasteiger partial charge in [0, 0.05) is 13.0 Å². The highest BCUT2D eigenvalue weighted by Gasteiger charge is 2.27. The molecule has 0 atom stereocenters. The molecule has 1 N–H and O–H groups in total. The van der Waals surface area contributed by atoms with Gasteiger partial charge in [-0.05, 0) is 74.2 Å². The molecule has 0 amide bonds.